The minimum absolute atomic E-state index is 0.0165. The molecule has 0 atom stereocenters. The topological polar surface area (TPSA) is 72.0 Å². The molecule has 2 aromatic rings. The van der Waals surface area contributed by atoms with E-state index in [4.69, 9.17) is 9.47 Å². The molecule has 0 spiro atoms. The molecule has 0 saturated carbocycles. The van der Waals surface area contributed by atoms with Gasteiger partial charge in [-0.15, -0.1) is 0 Å². The molecule has 4 rings (SSSR count). The molecule has 0 aliphatic carbocycles. The fourth-order valence-electron chi connectivity index (χ4n) is 3.76. The minimum Gasteiger partial charge on any atom is -0.482 e. The van der Waals surface area contributed by atoms with Crippen molar-refractivity contribution in [2.24, 2.45) is 0 Å². The van der Waals surface area contributed by atoms with Crippen LogP contribution in [0.1, 0.15) is 37.6 Å². The van der Waals surface area contributed by atoms with E-state index in [1.54, 1.807) is 16.0 Å². The van der Waals surface area contributed by atoms with Crippen LogP contribution in [-0.2, 0) is 28.9 Å². The van der Waals surface area contributed by atoms with Gasteiger partial charge in [0.05, 0.1) is 17.9 Å². The lowest BCUT2D eigenvalue weighted by molar-refractivity contribution is -0.121. The van der Waals surface area contributed by atoms with Crippen molar-refractivity contribution in [3.05, 3.63) is 53.3 Å². The van der Waals surface area contributed by atoms with Crippen molar-refractivity contribution in [3.63, 3.8) is 0 Å². The first-order valence-electron chi connectivity index (χ1n) is 10.3. The molecule has 0 fully saturated rings. The van der Waals surface area contributed by atoms with Gasteiger partial charge in [0.1, 0.15) is 11.4 Å². The van der Waals surface area contributed by atoms with Gasteiger partial charge in [0, 0.05) is 19.3 Å². The second-order valence-corrected chi connectivity index (χ2v) is 8.65. The molecule has 7 nitrogen and oxygen atoms in total. The number of hydrogen-bond donors (Lipinski definition) is 0. The number of fused-ring (bicyclic) bond motifs is 2. The van der Waals surface area contributed by atoms with E-state index in [0.29, 0.717) is 31.8 Å². The Hall–Kier alpha value is -3.09. The fraction of sp³-hybridized carbons (Fsp3) is 0.435. The van der Waals surface area contributed by atoms with Crippen LogP contribution in [0.25, 0.3) is 0 Å². The van der Waals surface area contributed by atoms with Crippen LogP contribution in [0.15, 0.2) is 36.5 Å². The molecule has 0 N–H and O–H groups in total. The third-order valence-corrected chi connectivity index (χ3v) is 5.22. The van der Waals surface area contributed by atoms with Gasteiger partial charge in [0.15, 0.2) is 6.61 Å². The van der Waals surface area contributed by atoms with E-state index < -0.39 is 5.60 Å². The molecule has 0 saturated heterocycles. The summed E-state index contributed by atoms with van der Waals surface area (Å²) < 4.78 is 11.3. The van der Waals surface area contributed by atoms with E-state index in [1.807, 2.05) is 51.1 Å². The van der Waals surface area contributed by atoms with Crippen molar-refractivity contribution in [1.82, 2.24) is 9.88 Å². The molecule has 1 aromatic carbocycles. The van der Waals surface area contributed by atoms with E-state index in [1.165, 1.54) is 0 Å². The number of pyridine rings is 1. The summed E-state index contributed by atoms with van der Waals surface area (Å²) in [6, 6.07) is 9.72. The summed E-state index contributed by atoms with van der Waals surface area (Å²) in [5.74, 6) is 0.618. The van der Waals surface area contributed by atoms with Gasteiger partial charge < -0.3 is 14.4 Å². The van der Waals surface area contributed by atoms with Gasteiger partial charge in [0.25, 0.3) is 5.91 Å². The monoisotopic (exact) mass is 409 g/mol. The van der Waals surface area contributed by atoms with Crippen molar-refractivity contribution in [2.75, 3.05) is 24.6 Å². The molecule has 2 aliphatic heterocycles. The standard InChI is InChI=1S/C23H27N3O4/c1-23(2,3)30-22(28)25-10-7-16-12-19-20(13-17(16)8-11-25)29-15-21(27)26(19)14-18-6-4-5-9-24-18/h4-6,9,12-13H,7-8,10-11,14-15H2,1-3H3. The molecule has 7 heteroatoms. The number of amides is 2. The summed E-state index contributed by atoms with van der Waals surface area (Å²) in [5.41, 5.74) is 3.34. The zero-order valence-corrected chi connectivity index (χ0v) is 17.7. The molecule has 2 aliphatic rings. The number of carbonyl (C=O) groups excluding carboxylic acids is 2. The van der Waals surface area contributed by atoms with Crippen LogP contribution in [0.2, 0.25) is 0 Å². The van der Waals surface area contributed by atoms with Crippen molar-refractivity contribution >= 4 is 17.7 Å². The molecular weight excluding hydrogens is 382 g/mol. The molecule has 0 unspecified atom stereocenters. The molecule has 2 amide bonds. The number of rotatable bonds is 2. The zero-order valence-electron chi connectivity index (χ0n) is 17.7. The van der Waals surface area contributed by atoms with Gasteiger partial charge in [-0.1, -0.05) is 6.07 Å². The lowest BCUT2D eigenvalue weighted by atomic mass is 10.0. The minimum atomic E-state index is -0.518. The van der Waals surface area contributed by atoms with Gasteiger partial charge in [-0.2, -0.15) is 0 Å². The Morgan fingerprint density at radius 2 is 1.90 bits per heavy atom. The molecule has 3 heterocycles. The maximum absolute atomic E-state index is 12.6. The van der Waals surface area contributed by atoms with Crippen LogP contribution in [0.4, 0.5) is 10.5 Å². The summed E-state index contributed by atoms with van der Waals surface area (Å²) in [7, 11) is 0. The highest BCUT2D eigenvalue weighted by Gasteiger charge is 2.29. The van der Waals surface area contributed by atoms with Gasteiger partial charge in [0.2, 0.25) is 0 Å². The SMILES string of the molecule is CC(C)(C)OC(=O)N1CCc2cc3c(cc2CC1)N(Cc1ccccn1)C(=O)CO3. The smallest absolute Gasteiger partial charge is 0.410 e. The third-order valence-electron chi connectivity index (χ3n) is 5.22. The predicted octanol–water partition coefficient (Wildman–Crippen LogP) is 3.34. The first-order valence-corrected chi connectivity index (χ1v) is 10.3. The number of hydrogen-bond acceptors (Lipinski definition) is 5. The van der Waals surface area contributed by atoms with Crippen molar-refractivity contribution in [2.45, 2.75) is 45.8 Å². The number of ether oxygens (including phenoxy) is 2. The Bertz CT molecular complexity index is 953. The van der Waals surface area contributed by atoms with Crippen LogP contribution in [0.3, 0.4) is 0 Å². The fourth-order valence-corrected chi connectivity index (χ4v) is 3.76. The van der Waals surface area contributed by atoms with Gasteiger partial charge in [-0.3, -0.25) is 14.7 Å². The average Bonchev–Trinajstić information content (AvgIpc) is 2.90. The third kappa shape index (κ3) is 4.40. The van der Waals surface area contributed by atoms with Crippen LogP contribution in [-0.4, -0.2) is 47.2 Å². The lowest BCUT2D eigenvalue weighted by Crippen LogP contribution is -2.38. The Morgan fingerprint density at radius 3 is 2.57 bits per heavy atom. The first-order chi connectivity index (χ1) is 14.3. The van der Waals surface area contributed by atoms with Crippen molar-refractivity contribution in [3.8, 4) is 5.75 Å². The van der Waals surface area contributed by atoms with E-state index in [9.17, 15) is 9.59 Å². The quantitative estimate of drug-likeness (QED) is 0.761. The molecule has 0 radical (unpaired) electrons. The molecule has 30 heavy (non-hydrogen) atoms. The summed E-state index contributed by atoms with van der Waals surface area (Å²) in [5, 5.41) is 0. The average molecular weight is 409 g/mol. The van der Waals surface area contributed by atoms with E-state index in [0.717, 1.165) is 28.9 Å². The first kappa shape index (κ1) is 20.2. The normalized spacial score (nSPS) is 16.3. The highest BCUT2D eigenvalue weighted by atomic mass is 16.6. The van der Waals surface area contributed by atoms with Gasteiger partial charge in [-0.25, -0.2) is 4.79 Å². The van der Waals surface area contributed by atoms with E-state index in [2.05, 4.69) is 4.98 Å². The number of aromatic nitrogens is 1. The zero-order chi connectivity index (χ0) is 21.3. The van der Waals surface area contributed by atoms with Crippen LogP contribution in [0.5, 0.6) is 5.75 Å². The Kier molecular flexibility index (Phi) is 5.37. The summed E-state index contributed by atoms with van der Waals surface area (Å²) in [4.78, 5) is 32.9. The number of anilines is 1. The van der Waals surface area contributed by atoms with Crippen LogP contribution in [0, 0.1) is 0 Å². The number of nitrogens with zero attached hydrogens (tertiary/aromatic N) is 3. The molecular formula is C23H27N3O4. The lowest BCUT2D eigenvalue weighted by Gasteiger charge is -2.30. The van der Waals surface area contributed by atoms with Crippen LogP contribution >= 0.6 is 0 Å². The molecule has 0 bridgehead atoms. The van der Waals surface area contributed by atoms with Gasteiger partial charge in [-0.05, 0) is 69.0 Å². The maximum atomic E-state index is 12.6. The second kappa shape index (κ2) is 7.97. The van der Waals surface area contributed by atoms with Crippen molar-refractivity contribution in [1.29, 1.82) is 0 Å². The largest absolute Gasteiger partial charge is 0.482 e. The Balaban J connectivity index is 1.57. The Labute approximate surface area is 176 Å². The summed E-state index contributed by atoms with van der Waals surface area (Å²) in [6.07, 6.45) is 2.86. The second-order valence-electron chi connectivity index (χ2n) is 8.65. The van der Waals surface area contributed by atoms with Crippen LogP contribution < -0.4 is 9.64 Å². The van der Waals surface area contributed by atoms with Crippen molar-refractivity contribution < 1.29 is 19.1 Å². The number of benzene rings is 1. The highest BCUT2D eigenvalue weighted by molar-refractivity contribution is 5.98. The molecule has 1 aromatic heterocycles. The van der Waals surface area contributed by atoms with E-state index >= 15 is 0 Å². The summed E-state index contributed by atoms with van der Waals surface area (Å²) in [6.45, 7) is 7.21. The molecule has 158 valence electrons. The summed E-state index contributed by atoms with van der Waals surface area (Å²) >= 11 is 0. The van der Waals surface area contributed by atoms with Gasteiger partial charge >= 0.3 is 6.09 Å². The van der Waals surface area contributed by atoms with E-state index in [-0.39, 0.29) is 18.6 Å². The number of carbonyl (C=O) groups is 2. The highest BCUT2D eigenvalue weighted by Crippen LogP contribution is 2.37. The predicted molar refractivity (Wildman–Crippen MR) is 113 cm³/mol. The Morgan fingerprint density at radius 1 is 1.17 bits per heavy atom. The maximum Gasteiger partial charge on any atom is 0.410 e.